The largest absolute Gasteiger partial charge is 0.390 e. The number of hydrogen-bond donors (Lipinski definition) is 0. The maximum absolute atomic E-state index is 12.1. The van der Waals surface area contributed by atoms with E-state index in [1.165, 1.54) is 11.3 Å². The molecule has 0 amide bonds. The Labute approximate surface area is 93.3 Å². The zero-order valence-corrected chi connectivity index (χ0v) is 10.2. The highest BCUT2D eigenvalue weighted by Gasteiger charge is 2.32. The Morgan fingerprint density at radius 1 is 1.43 bits per heavy atom. The second-order valence-corrected chi connectivity index (χ2v) is 5.72. The molecule has 0 fully saturated rings. The molecule has 0 saturated heterocycles. The molecule has 0 aliphatic rings. The van der Waals surface area contributed by atoms with Crippen molar-refractivity contribution < 1.29 is 13.2 Å². The number of rotatable bonds is 2. The summed E-state index contributed by atoms with van der Waals surface area (Å²) in [5, 5.41) is 0. The molecule has 80 valence electrons. The van der Waals surface area contributed by atoms with Crippen LogP contribution in [0.4, 0.5) is 13.2 Å². The van der Waals surface area contributed by atoms with Crippen LogP contribution in [0.1, 0.15) is 26.6 Å². The summed E-state index contributed by atoms with van der Waals surface area (Å²) in [7, 11) is 0. The second kappa shape index (κ2) is 4.23. The highest BCUT2D eigenvalue weighted by molar-refractivity contribution is 9.09. The van der Waals surface area contributed by atoms with Gasteiger partial charge in [-0.25, -0.2) is 0 Å². The summed E-state index contributed by atoms with van der Waals surface area (Å²) in [6.45, 7) is 3.74. The third kappa shape index (κ3) is 3.28. The van der Waals surface area contributed by atoms with E-state index in [1.807, 2.05) is 19.9 Å². The molecule has 0 radical (unpaired) electrons. The van der Waals surface area contributed by atoms with E-state index in [0.29, 0.717) is 0 Å². The standard InChI is InChI=1S/C9H10BrF3S/c1-5-3-7(6(2)14-5)8(10)4-9(11,12)13/h3,8H,4H2,1-2H3. The lowest BCUT2D eigenvalue weighted by Crippen LogP contribution is -2.10. The van der Waals surface area contributed by atoms with Crippen molar-refractivity contribution in [3.05, 3.63) is 21.4 Å². The van der Waals surface area contributed by atoms with Gasteiger partial charge in [0.2, 0.25) is 0 Å². The van der Waals surface area contributed by atoms with Gasteiger partial charge in [-0.2, -0.15) is 13.2 Å². The Hall–Kier alpha value is -0.0300. The first kappa shape index (κ1) is 12.0. The van der Waals surface area contributed by atoms with Gasteiger partial charge in [0, 0.05) is 14.6 Å². The van der Waals surface area contributed by atoms with E-state index in [-0.39, 0.29) is 0 Å². The zero-order valence-electron chi connectivity index (χ0n) is 7.78. The molecular formula is C9H10BrF3S. The van der Waals surface area contributed by atoms with Gasteiger partial charge in [0.05, 0.1) is 6.42 Å². The quantitative estimate of drug-likeness (QED) is 0.688. The molecule has 1 heterocycles. The van der Waals surface area contributed by atoms with Crippen LogP contribution >= 0.6 is 27.3 Å². The predicted octanol–water partition coefficient (Wildman–Crippen LogP) is 4.75. The molecule has 0 saturated carbocycles. The summed E-state index contributed by atoms with van der Waals surface area (Å²) in [4.78, 5) is 1.38. The fourth-order valence-corrected chi connectivity index (χ4v) is 3.26. The molecule has 0 spiro atoms. The lowest BCUT2D eigenvalue weighted by atomic mass is 10.1. The molecule has 0 aliphatic carbocycles. The third-order valence-corrected chi connectivity index (χ3v) is 3.63. The van der Waals surface area contributed by atoms with Gasteiger partial charge in [0.15, 0.2) is 0 Å². The van der Waals surface area contributed by atoms with Gasteiger partial charge in [-0.3, -0.25) is 0 Å². The summed E-state index contributed by atoms with van der Waals surface area (Å²) in [5.41, 5.74) is 0.754. The minimum atomic E-state index is -4.11. The van der Waals surface area contributed by atoms with E-state index >= 15 is 0 Å². The molecule has 0 aromatic carbocycles. The maximum atomic E-state index is 12.1. The number of aryl methyl sites for hydroxylation is 2. The van der Waals surface area contributed by atoms with E-state index < -0.39 is 17.4 Å². The second-order valence-electron chi connectivity index (χ2n) is 3.16. The Bertz CT molecular complexity index is 316. The van der Waals surface area contributed by atoms with Crippen molar-refractivity contribution in [2.24, 2.45) is 0 Å². The topological polar surface area (TPSA) is 0 Å². The minimum absolute atomic E-state index is 0.618. The first-order chi connectivity index (χ1) is 6.29. The Balaban J connectivity index is 2.79. The zero-order chi connectivity index (χ0) is 10.9. The van der Waals surface area contributed by atoms with Crippen LogP contribution in [0.5, 0.6) is 0 Å². The van der Waals surface area contributed by atoms with Gasteiger partial charge in [-0.1, -0.05) is 15.9 Å². The van der Waals surface area contributed by atoms with Crippen LogP contribution in [-0.4, -0.2) is 6.18 Å². The van der Waals surface area contributed by atoms with Crippen molar-refractivity contribution in [1.29, 1.82) is 0 Å². The average molecular weight is 287 g/mol. The molecule has 1 unspecified atom stereocenters. The lowest BCUT2D eigenvalue weighted by molar-refractivity contribution is -0.134. The molecule has 1 aromatic heterocycles. The van der Waals surface area contributed by atoms with Gasteiger partial charge in [-0.15, -0.1) is 11.3 Å². The monoisotopic (exact) mass is 286 g/mol. The van der Waals surface area contributed by atoms with Crippen molar-refractivity contribution in [1.82, 2.24) is 0 Å². The van der Waals surface area contributed by atoms with E-state index in [0.717, 1.165) is 15.3 Å². The summed E-state index contributed by atoms with van der Waals surface area (Å²) < 4.78 is 36.3. The number of halogens is 4. The smallest absolute Gasteiger partial charge is 0.171 e. The van der Waals surface area contributed by atoms with Crippen LogP contribution in [0.25, 0.3) is 0 Å². The molecular weight excluding hydrogens is 277 g/mol. The van der Waals surface area contributed by atoms with E-state index in [4.69, 9.17) is 0 Å². The average Bonchev–Trinajstić information content (AvgIpc) is 2.26. The SMILES string of the molecule is Cc1cc(C(Br)CC(F)(F)F)c(C)s1. The van der Waals surface area contributed by atoms with Crippen LogP contribution in [0, 0.1) is 13.8 Å². The fraction of sp³-hybridized carbons (Fsp3) is 0.556. The van der Waals surface area contributed by atoms with Crippen LogP contribution in [0.15, 0.2) is 6.07 Å². The third-order valence-electron chi connectivity index (χ3n) is 1.83. The molecule has 1 atom stereocenters. The van der Waals surface area contributed by atoms with Gasteiger partial charge in [0.1, 0.15) is 0 Å². The molecule has 0 aliphatic heterocycles. The lowest BCUT2D eigenvalue weighted by Gasteiger charge is -2.12. The minimum Gasteiger partial charge on any atom is -0.171 e. The van der Waals surface area contributed by atoms with E-state index in [2.05, 4.69) is 15.9 Å². The first-order valence-electron chi connectivity index (χ1n) is 4.07. The molecule has 0 N–H and O–H groups in total. The van der Waals surface area contributed by atoms with E-state index in [1.54, 1.807) is 0 Å². The number of alkyl halides is 4. The highest BCUT2D eigenvalue weighted by Crippen LogP contribution is 2.39. The summed E-state index contributed by atoms with van der Waals surface area (Å²) >= 11 is 4.60. The van der Waals surface area contributed by atoms with Crippen molar-refractivity contribution in [3.63, 3.8) is 0 Å². The molecule has 0 nitrogen and oxygen atoms in total. The molecule has 1 rings (SSSR count). The molecule has 1 aromatic rings. The summed E-state index contributed by atoms with van der Waals surface area (Å²) in [6, 6.07) is 1.81. The van der Waals surface area contributed by atoms with Crippen LogP contribution in [0.3, 0.4) is 0 Å². The highest BCUT2D eigenvalue weighted by atomic mass is 79.9. The Morgan fingerprint density at radius 3 is 2.36 bits per heavy atom. The number of thiophene rings is 1. The van der Waals surface area contributed by atoms with Crippen molar-refractivity contribution in [2.75, 3.05) is 0 Å². The van der Waals surface area contributed by atoms with Crippen molar-refractivity contribution >= 4 is 27.3 Å². The summed E-state index contributed by atoms with van der Waals surface area (Å²) in [5.74, 6) is 0. The van der Waals surface area contributed by atoms with Crippen molar-refractivity contribution in [2.45, 2.75) is 31.3 Å². The Morgan fingerprint density at radius 2 is 2.00 bits per heavy atom. The van der Waals surface area contributed by atoms with Crippen molar-refractivity contribution in [3.8, 4) is 0 Å². The maximum Gasteiger partial charge on any atom is 0.390 e. The fourth-order valence-electron chi connectivity index (χ4n) is 1.27. The molecule has 5 heteroatoms. The van der Waals surface area contributed by atoms with Crippen LogP contribution in [-0.2, 0) is 0 Å². The normalized spacial score (nSPS) is 14.4. The predicted molar refractivity (Wildman–Crippen MR) is 56.1 cm³/mol. The molecule has 14 heavy (non-hydrogen) atoms. The van der Waals surface area contributed by atoms with Gasteiger partial charge in [0.25, 0.3) is 0 Å². The van der Waals surface area contributed by atoms with Gasteiger partial charge in [-0.05, 0) is 25.5 Å². The summed E-state index contributed by atoms with van der Waals surface area (Å²) in [6.07, 6.45) is -4.93. The van der Waals surface area contributed by atoms with E-state index in [9.17, 15) is 13.2 Å². The van der Waals surface area contributed by atoms with Crippen LogP contribution < -0.4 is 0 Å². The van der Waals surface area contributed by atoms with Gasteiger partial charge >= 0.3 is 6.18 Å². The first-order valence-corrected chi connectivity index (χ1v) is 5.80. The van der Waals surface area contributed by atoms with Gasteiger partial charge < -0.3 is 0 Å². The number of hydrogen-bond acceptors (Lipinski definition) is 1. The van der Waals surface area contributed by atoms with Crippen LogP contribution in [0.2, 0.25) is 0 Å². The Kier molecular flexibility index (Phi) is 3.63. The molecule has 0 bridgehead atoms.